The highest BCUT2D eigenvalue weighted by Crippen LogP contribution is 2.49. The maximum atomic E-state index is 2.43. The average molecular weight is 1210 g/mol. The number of rotatable bonds is 10. The normalized spacial score (nSPS) is 11.5. The maximum absolute atomic E-state index is 2.43. The minimum absolute atomic E-state index is 1.13. The first kappa shape index (κ1) is 54.7. The van der Waals surface area contributed by atoms with Crippen LogP contribution in [-0.2, 0) is 0 Å². The maximum Gasteiger partial charge on any atom is 0.0547 e. The molecule has 0 saturated heterocycles. The summed E-state index contributed by atoms with van der Waals surface area (Å²) in [5.74, 6) is 0. The molecule has 2 heterocycles. The molecular formula is C88H58N2S2. The molecule has 2 nitrogen and oxygen atoms in total. The molecule has 0 aliphatic carbocycles. The van der Waals surface area contributed by atoms with Crippen molar-refractivity contribution in [3.63, 3.8) is 0 Å². The van der Waals surface area contributed by atoms with Gasteiger partial charge in [-0.05, 0) is 145 Å². The third-order valence-corrected chi connectivity index (χ3v) is 20.5. The molecule has 18 aromatic rings. The van der Waals surface area contributed by atoms with Crippen molar-refractivity contribution in [3.8, 4) is 44.5 Å². The zero-order chi connectivity index (χ0) is 60.9. The molecular weight excluding hydrogens is 1150 g/mol. The molecule has 0 radical (unpaired) electrons. The van der Waals surface area contributed by atoms with Gasteiger partial charge < -0.3 is 9.80 Å². The highest BCUT2D eigenvalue weighted by Gasteiger charge is 2.22. The van der Waals surface area contributed by atoms with Crippen molar-refractivity contribution in [1.29, 1.82) is 0 Å². The lowest BCUT2D eigenvalue weighted by Crippen LogP contribution is -2.10. The Kier molecular flexibility index (Phi) is 14.0. The molecule has 16 aromatic carbocycles. The molecule has 0 saturated carbocycles. The van der Waals surface area contributed by atoms with Crippen LogP contribution >= 0.6 is 22.7 Å². The number of thiophene rings is 2. The van der Waals surface area contributed by atoms with Gasteiger partial charge in [0, 0.05) is 84.6 Å². The van der Waals surface area contributed by atoms with Crippen LogP contribution < -0.4 is 9.80 Å². The number of benzene rings is 16. The first-order valence-corrected chi connectivity index (χ1v) is 33.0. The van der Waals surface area contributed by atoms with Gasteiger partial charge in [0.25, 0.3) is 0 Å². The Labute approximate surface area is 542 Å². The number of hydrogen-bond donors (Lipinski definition) is 0. The number of nitrogens with zero attached hydrogens (tertiary/aromatic N) is 2. The van der Waals surface area contributed by atoms with E-state index in [-0.39, 0.29) is 0 Å². The SMILES string of the molecule is c1ccc(-c2ccc(N(c3ccc(-c4ccc5ccccc5c4)cc3)c3cc4c5ccccc5sc4c4ccccc34)cc2)cc1.c1ccc(-c2ccc(N(c3ccc(-c4cccc5ccccc45)cc3)c3cc4c5ccccc5sc4c4ccccc34)cc2)cc1. The van der Waals surface area contributed by atoms with Gasteiger partial charge >= 0.3 is 0 Å². The van der Waals surface area contributed by atoms with Gasteiger partial charge in [-0.2, -0.15) is 0 Å². The van der Waals surface area contributed by atoms with Gasteiger partial charge in [0.15, 0.2) is 0 Å². The number of fused-ring (bicyclic) bond motifs is 12. The van der Waals surface area contributed by atoms with Gasteiger partial charge in [-0.25, -0.2) is 0 Å². The number of anilines is 6. The molecule has 0 unspecified atom stereocenters. The average Bonchev–Trinajstić information content (AvgIpc) is 1.49. The Morgan fingerprint density at radius 1 is 0.185 bits per heavy atom. The first-order valence-electron chi connectivity index (χ1n) is 31.4. The lowest BCUT2D eigenvalue weighted by Gasteiger charge is -2.27. The zero-order valence-corrected chi connectivity index (χ0v) is 51.8. The van der Waals surface area contributed by atoms with Gasteiger partial charge in [0.05, 0.1) is 11.4 Å². The van der Waals surface area contributed by atoms with E-state index in [4.69, 9.17) is 0 Å². The molecule has 0 bridgehead atoms. The molecule has 0 N–H and O–H groups in total. The summed E-state index contributed by atoms with van der Waals surface area (Å²) in [6.07, 6.45) is 0. The van der Waals surface area contributed by atoms with Crippen molar-refractivity contribution in [2.45, 2.75) is 0 Å². The van der Waals surface area contributed by atoms with Crippen molar-refractivity contribution < 1.29 is 0 Å². The molecule has 2 aromatic heterocycles. The summed E-state index contributed by atoms with van der Waals surface area (Å²) in [4.78, 5) is 4.85. The standard InChI is InChI=1S/2C44H29NS/c1-2-11-30(12-3-1)31-21-25-34(26-22-31)45(35-27-23-33(24-28-35)37-19-10-14-32-13-4-5-15-36(32)37)42-29-41-39-17-8-9-20-43(39)46-44(41)40-18-7-6-16-38(40)42;1-2-10-30(11-3-1)32-20-24-36(25-21-32)45(37-26-22-33(23-27-37)35-19-18-31-12-4-5-13-34(31)28-35)42-29-41-39-15-8-9-17-43(39)46-44(41)40-16-7-6-14-38(40)42/h2*1-29H. The van der Waals surface area contributed by atoms with Crippen molar-refractivity contribution in [1.82, 2.24) is 0 Å². The van der Waals surface area contributed by atoms with Gasteiger partial charge in [-0.3, -0.25) is 0 Å². The zero-order valence-electron chi connectivity index (χ0n) is 50.2. The molecule has 0 aliphatic heterocycles. The van der Waals surface area contributed by atoms with Crippen LogP contribution in [0.2, 0.25) is 0 Å². The van der Waals surface area contributed by atoms with E-state index in [1.807, 2.05) is 22.7 Å². The number of hydrogen-bond acceptors (Lipinski definition) is 4. The van der Waals surface area contributed by atoms with E-state index >= 15 is 0 Å². The van der Waals surface area contributed by atoms with E-state index in [1.165, 1.54) is 139 Å². The summed E-state index contributed by atoms with van der Waals surface area (Å²) in [7, 11) is 0. The summed E-state index contributed by atoms with van der Waals surface area (Å²) >= 11 is 3.77. The fraction of sp³-hybridized carbons (Fsp3) is 0. The van der Waals surface area contributed by atoms with Crippen LogP contribution in [0.3, 0.4) is 0 Å². The topological polar surface area (TPSA) is 6.48 Å². The first-order chi connectivity index (χ1) is 45.6. The van der Waals surface area contributed by atoms with Crippen LogP contribution in [0.1, 0.15) is 0 Å². The van der Waals surface area contributed by atoms with Gasteiger partial charge in [-0.15, -0.1) is 22.7 Å². The predicted octanol–water partition coefficient (Wildman–Crippen LogP) is 26.3. The lowest BCUT2D eigenvalue weighted by atomic mass is 9.97. The van der Waals surface area contributed by atoms with Crippen molar-refractivity contribution in [3.05, 3.63) is 352 Å². The fourth-order valence-electron chi connectivity index (χ4n) is 13.6. The summed E-state index contributed by atoms with van der Waals surface area (Å²) in [5.41, 5.74) is 16.6. The predicted molar refractivity (Wildman–Crippen MR) is 400 cm³/mol. The molecule has 0 amide bonds. The molecule has 18 rings (SSSR count). The molecule has 0 spiro atoms. The summed E-state index contributed by atoms with van der Waals surface area (Å²) in [6.45, 7) is 0. The van der Waals surface area contributed by atoms with Crippen molar-refractivity contribution in [2.75, 3.05) is 9.80 Å². The van der Waals surface area contributed by atoms with E-state index in [0.29, 0.717) is 0 Å². The minimum atomic E-state index is 1.13. The largest absolute Gasteiger partial charge is 0.310 e. The third-order valence-electron chi connectivity index (χ3n) is 18.1. The Bertz CT molecular complexity index is 5720. The van der Waals surface area contributed by atoms with Crippen LogP contribution in [0, 0.1) is 0 Å². The van der Waals surface area contributed by atoms with Crippen molar-refractivity contribution in [2.24, 2.45) is 0 Å². The second-order valence-corrected chi connectivity index (χ2v) is 25.6. The molecule has 432 valence electrons. The van der Waals surface area contributed by atoms with Gasteiger partial charge in [-0.1, -0.05) is 273 Å². The second kappa shape index (κ2) is 23.5. The van der Waals surface area contributed by atoms with Crippen molar-refractivity contribution >= 4 is 140 Å². The third kappa shape index (κ3) is 10.00. The van der Waals surface area contributed by atoms with Crippen LogP contribution in [-0.4, -0.2) is 0 Å². The quantitative estimate of drug-likeness (QED) is 0.135. The van der Waals surface area contributed by atoms with Gasteiger partial charge in [0.2, 0.25) is 0 Å². The summed E-state index contributed by atoms with van der Waals surface area (Å²) in [6, 6.07) is 128. The highest BCUT2D eigenvalue weighted by molar-refractivity contribution is 7.27. The van der Waals surface area contributed by atoms with Crippen LogP contribution in [0.15, 0.2) is 352 Å². The molecule has 4 heteroatoms. The van der Waals surface area contributed by atoms with E-state index in [9.17, 15) is 0 Å². The monoisotopic (exact) mass is 1210 g/mol. The Hall–Kier alpha value is -11.4. The van der Waals surface area contributed by atoms with Crippen LogP contribution in [0.5, 0.6) is 0 Å². The smallest absolute Gasteiger partial charge is 0.0547 e. The Morgan fingerprint density at radius 3 is 1.00 bits per heavy atom. The summed E-state index contributed by atoms with van der Waals surface area (Å²) < 4.78 is 5.31. The van der Waals surface area contributed by atoms with Crippen LogP contribution in [0.25, 0.3) is 128 Å². The minimum Gasteiger partial charge on any atom is -0.310 e. The molecule has 0 atom stereocenters. The van der Waals surface area contributed by atoms with E-state index in [0.717, 1.165) is 22.7 Å². The molecule has 0 fully saturated rings. The molecule has 0 aliphatic rings. The fourth-order valence-corrected chi connectivity index (χ4v) is 16.0. The highest BCUT2D eigenvalue weighted by atomic mass is 32.1. The van der Waals surface area contributed by atoms with E-state index in [2.05, 4.69) is 362 Å². The van der Waals surface area contributed by atoms with E-state index < -0.39 is 0 Å². The molecule has 92 heavy (non-hydrogen) atoms. The van der Waals surface area contributed by atoms with Gasteiger partial charge in [0.1, 0.15) is 0 Å². The summed E-state index contributed by atoms with van der Waals surface area (Å²) in [5, 5.41) is 15.3. The van der Waals surface area contributed by atoms with E-state index in [1.54, 1.807) is 0 Å². The Morgan fingerprint density at radius 2 is 0.522 bits per heavy atom. The Balaban J connectivity index is 0.000000141. The van der Waals surface area contributed by atoms with Crippen LogP contribution in [0.4, 0.5) is 34.1 Å². The second-order valence-electron chi connectivity index (χ2n) is 23.5. The lowest BCUT2D eigenvalue weighted by molar-refractivity contribution is 1.30.